The van der Waals surface area contributed by atoms with Gasteiger partial charge in [0.2, 0.25) is 12.3 Å². The molecule has 0 radical (unpaired) electrons. The van der Waals surface area contributed by atoms with Crippen LogP contribution < -0.4 is 4.57 Å². The fraction of sp³-hybridized carbons (Fsp3) is 0.188. The van der Waals surface area contributed by atoms with Crippen LogP contribution in [0.4, 0.5) is 0 Å². The molecule has 5 nitrogen and oxygen atoms in total. The molecule has 2 aromatic rings. The van der Waals surface area contributed by atoms with E-state index in [0.717, 1.165) is 0 Å². The van der Waals surface area contributed by atoms with Crippen LogP contribution >= 0.6 is 28.6 Å². The number of ether oxygens (including phenoxy) is 1. The predicted molar refractivity (Wildman–Crippen MR) is 92.3 cm³/mol. The SMILES string of the molecule is Br.CCOC(=O)c1cc[n+](CC(=O)c2ccc(Cl)cc2)cc1.O. The quantitative estimate of drug-likeness (QED) is 0.437. The van der Waals surface area contributed by atoms with Crippen LogP contribution in [0.1, 0.15) is 27.6 Å². The minimum Gasteiger partial charge on any atom is -0.462 e. The van der Waals surface area contributed by atoms with Gasteiger partial charge in [0.05, 0.1) is 12.2 Å². The first-order valence-electron chi connectivity index (χ1n) is 6.55. The lowest BCUT2D eigenvalue weighted by atomic mass is 10.1. The summed E-state index contributed by atoms with van der Waals surface area (Å²) in [7, 11) is 0. The third-order valence-corrected chi connectivity index (χ3v) is 3.15. The molecule has 0 fully saturated rings. The molecule has 124 valence electrons. The van der Waals surface area contributed by atoms with Crippen molar-refractivity contribution < 1.29 is 24.4 Å². The highest BCUT2D eigenvalue weighted by atomic mass is 79.9. The number of pyridine rings is 1. The summed E-state index contributed by atoms with van der Waals surface area (Å²) in [6.45, 7) is 2.29. The van der Waals surface area contributed by atoms with Gasteiger partial charge in [-0.15, -0.1) is 17.0 Å². The topological polar surface area (TPSA) is 78.8 Å². The van der Waals surface area contributed by atoms with E-state index < -0.39 is 0 Å². The highest BCUT2D eigenvalue weighted by Gasteiger charge is 2.13. The van der Waals surface area contributed by atoms with E-state index in [-0.39, 0.29) is 40.8 Å². The lowest BCUT2D eigenvalue weighted by Gasteiger charge is -2.01. The Morgan fingerprint density at radius 2 is 1.61 bits per heavy atom. The minimum atomic E-state index is -0.367. The molecular formula is C16H18BrClNO4+. The van der Waals surface area contributed by atoms with Crippen molar-refractivity contribution in [3.63, 3.8) is 0 Å². The zero-order chi connectivity index (χ0) is 15.2. The molecule has 23 heavy (non-hydrogen) atoms. The second kappa shape index (κ2) is 10.1. The van der Waals surface area contributed by atoms with Crippen molar-refractivity contribution in [1.29, 1.82) is 0 Å². The summed E-state index contributed by atoms with van der Waals surface area (Å²) in [6.07, 6.45) is 3.36. The molecule has 1 heterocycles. The number of ketones is 1. The summed E-state index contributed by atoms with van der Waals surface area (Å²) < 4.78 is 6.61. The van der Waals surface area contributed by atoms with E-state index in [4.69, 9.17) is 16.3 Å². The monoisotopic (exact) mass is 402 g/mol. The number of hydrogen-bond acceptors (Lipinski definition) is 3. The van der Waals surface area contributed by atoms with Crippen LogP contribution in [0.15, 0.2) is 48.8 Å². The Kier molecular flexibility index (Phi) is 9.32. The summed E-state index contributed by atoms with van der Waals surface area (Å²) in [5, 5.41) is 0.595. The molecule has 0 aliphatic rings. The molecule has 0 aliphatic carbocycles. The maximum atomic E-state index is 12.1. The van der Waals surface area contributed by atoms with Gasteiger partial charge >= 0.3 is 5.97 Å². The Balaban J connectivity index is 0.00000242. The van der Waals surface area contributed by atoms with E-state index >= 15 is 0 Å². The molecule has 0 amide bonds. The normalized spacial score (nSPS) is 9.30. The fourth-order valence-corrected chi connectivity index (χ4v) is 1.93. The molecule has 0 saturated heterocycles. The Labute approximate surface area is 149 Å². The summed E-state index contributed by atoms with van der Waals surface area (Å²) in [5.74, 6) is -0.394. The molecule has 0 saturated carbocycles. The van der Waals surface area contributed by atoms with Crippen molar-refractivity contribution in [2.24, 2.45) is 0 Å². The van der Waals surface area contributed by atoms with Gasteiger partial charge in [-0.25, -0.2) is 4.79 Å². The lowest BCUT2D eigenvalue weighted by Crippen LogP contribution is -2.37. The Hall–Kier alpha value is -1.76. The number of carbonyl (C=O) groups excluding carboxylic acids is 2. The number of esters is 1. The number of carbonyl (C=O) groups is 2. The number of rotatable bonds is 5. The molecule has 2 rings (SSSR count). The average Bonchev–Trinajstić information content (AvgIpc) is 2.49. The second-order valence-corrected chi connectivity index (χ2v) is 4.85. The van der Waals surface area contributed by atoms with Gasteiger partial charge in [-0.1, -0.05) is 11.6 Å². The second-order valence-electron chi connectivity index (χ2n) is 4.41. The van der Waals surface area contributed by atoms with Gasteiger partial charge in [0.1, 0.15) is 0 Å². The Bertz CT molecular complexity index is 644. The van der Waals surface area contributed by atoms with Crippen LogP contribution in [0, 0.1) is 0 Å². The zero-order valence-electron chi connectivity index (χ0n) is 12.5. The van der Waals surface area contributed by atoms with Crippen LogP contribution in [-0.2, 0) is 11.3 Å². The molecule has 0 atom stereocenters. The van der Waals surface area contributed by atoms with Gasteiger partial charge in [-0.05, 0) is 31.2 Å². The molecule has 7 heteroatoms. The molecule has 1 aromatic heterocycles. The maximum absolute atomic E-state index is 12.1. The molecule has 0 aliphatic heterocycles. The van der Waals surface area contributed by atoms with E-state index in [1.165, 1.54) is 0 Å². The van der Waals surface area contributed by atoms with E-state index in [1.807, 2.05) is 0 Å². The maximum Gasteiger partial charge on any atom is 0.338 e. The molecule has 2 N–H and O–H groups in total. The summed E-state index contributed by atoms with van der Waals surface area (Å²) >= 11 is 5.79. The zero-order valence-corrected chi connectivity index (χ0v) is 15.0. The molecule has 0 bridgehead atoms. The summed E-state index contributed by atoms with van der Waals surface area (Å²) in [5.41, 5.74) is 1.06. The smallest absolute Gasteiger partial charge is 0.338 e. The van der Waals surface area contributed by atoms with Crippen LogP contribution in [-0.4, -0.2) is 23.8 Å². The van der Waals surface area contributed by atoms with Crippen molar-refractivity contribution in [2.45, 2.75) is 13.5 Å². The molecular weight excluding hydrogens is 386 g/mol. The van der Waals surface area contributed by atoms with Gasteiger partial charge in [0.15, 0.2) is 12.4 Å². The van der Waals surface area contributed by atoms with Crippen molar-refractivity contribution >= 4 is 40.3 Å². The van der Waals surface area contributed by atoms with Crippen molar-refractivity contribution in [3.8, 4) is 0 Å². The minimum absolute atomic E-state index is 0. The Morgan fingerprint density at radius 1 is 1.04 bits per heavy atom. The predicted octanol–water partition coefficient (Wildman–Crippen LogP) is 2.44. The number of aromatic nitrogens is 1. The highest BCUT2D eigenvalue weighted by Crippen LogP contribution is 2.10. The van der Waals surface area contributed by atoms with E-state index in [9.17, 15) is 9.59 Å². The van der Waals surface area contributed by atoms with Crippen molar-refractivity contribution in [1.82, 2.24) is 0 Å². The number of Topliss-reactive ketones (excluding diaryl/α,β-unsaturated/α-hetero) is 1. The van der Waals surface area contributed by atoms with Crippen LogP contribution in [0.3, 0.4) is 0 Å². The first-order chi connectivity index (χ1) is 10.1. The highest BCUT2D eigenvalue weighted by molar-refractivity contribution is 8.93. The van der Waals surface area contributed by atoms with Crippen LogP contribution in [0.25, 0.3) is 0 Å². The standard InChI is InChI=1S/C16H15ClNO3.BrH.H2O/c1-2-21-16(20)13-7-9-18(10-8-13)11-15(19)12-3-5-14(17)6-4-12;;/h3-10H,2,11H2,1H3;1H;1H2/q+1;;. The van der Waals surface area contributed by atoms with Crippen molar-refractivity contribution in [2.75, 3.05) is 6.61 Å². The molecule has 1 aromatic carbocycles. The number of benzene rings is 1. The fourth-order valence-electron chi connectivity index (χ4n) is 1.81. The van der Waals surface area contributed by atoms with Gasteiger partial charge in [-0.2, -0.15) is 4.57 Å². The van der Waals surface area contributed by atoms with Gasteiger partial charge in [-0.3, -0.25) is 4.79 Å². The third kappa shape index (κ3) is 6.09. The first-order valence-corrected chi connectivity index (χ1v) is 6.93. The van der Waals surface area contributed by atoms with Crippen LogP contribution in [0.2, 0.25) is 5.02 Å². The van der Waals surface area contributed by atoms with Gasteiger partial charge < -0.3 is 10.2 Å². The van der Waals surface area contributed by atoms with Crippen molar-refractivity contribution in [3.05, 3.63) is 64.9 Å². The average molecular weight is 404 g/mol. The van der Waals surface area contributed by atoms with E-state index in [2.05, 4.69) is 0 Å². The number of halogens is 2. The first kappa shape index (κ1) is 21.2. The third-order valence-electron chi connectivity index (χ3n) is 2.89. The van der Waals surface area contributed by atoms with Crippen LogP contribution in [0.5, 0.6) is 0 Å². The molecule has 0 spiro atoms. The van der Waals surface area contributed by atoms with E-state index in [0.29, 0.717) is 22.8 Å². The summed E-state index contributed by atoms with van der Waals surface area (Å²) in [6, 6.07) is 10.0. The largest absolute Gasteiger partial charge is 0.462 e. The summed E-state index contributed by atoms with van der Waals surface area (Å²) in [4.78, 5) is 23.6. The lowest BCUT2D eigenvalue weighted by molar-refractivity contribution is -0.683. The van der Waals surface area contributed by atoms with E-state index in [1.54, 1.807) is 60.3 Å². The number of hydrogen-bond donors (Lipinski definition) is 0. The van der Waals surface area contributed by atoms with Gasteiger partial charge in [0.25, 0.3) is 0 Å². The Morgan fingerprint density at radius 3 is 2.13 bits per heavy atom. The van der Waals surface area contributed by atoms with Gasteiger partial charge in [0, 0.05) is 22.7 Å². The number of nitrogens with zero attached hydrogens (tertiary/aromatic N) is 1. The molecule has 0 unspecified atom stereocenters.